The first-order valence-electron chi connectivity index (χ1n) is 7.26. The predicted molar refractivity (Wildman–Crippen MR) is 73.9 cm³/mol. The van der Waals surface area contributed by atoms with Crippen LogP contribution in [0.4, 0.5) is 0 Å². The fourth-order valence-electron chi connectivity index (χ4n) is 2.09. The van der Waals surface area contributed by atoms with E-state index in [1.807, 2.05) is 0 Å². The van der Waals surface area contributed by atoms with Crippen LogP contribution in [0, 0.1) is 0 Å². The summed E-state index contributed by atoms with van der Waals surface area (Å²) in [6.07, 6.45) is 6.66. The Bertz CT molecular complexity index is 373. The predicted octanol–water partition coefficient (Wildman–Crippen LogP) is 3.39. The van der Waals surface area contributed by atoms with E-state index in [2.05, 4.69) is 6.92 Å². The van der Waals surface area contributed by atoms with Crippen molar-refractivity contribution in [1.29, 1.82) is 0 Å². The smallest absolute Gasteiger partial charge is 0.352 e. The lowest BCUT2D eigenvalue weighted by atomic mass is 10.1. The van der Waals surface area contributed by atoms with E-state index in [4.69, 9.17) is 9.47 Å². The molecule has 0 radical (unpaired) electrons. The molecule has 1 N–H and O–H groups in total. The van der Waals surface area contributed by atoms with Gasteiger partial charge < -0.3 is 14.6 Å². The van der Waals surface area contributed by atoms with Gasteiger partial charge in [-0.1, -0.05) is 39.0 Å². The Balaban J connectivity index is 2.49. The summed E-state index contributed by atoms with van der Waals surface area (Å²) in [6.45, 7) is 5.10. The van der Waals surface area contributed by atoms with Crippen LogP contribution in [-0.4, -0.2) is 22.8 Å². The maximum absolute atomic E-state index is 11.7. The lowest BCUT2D eigenvalue weighted by Gasteiger charge is -2.30. The molecule has 1 aliphatic rings. The molecule has 0 atom stereocenters. The molecule has 5 nitrogen and oxygen atoms in total. The highest BCUT2D eigenvalue weighted by atomic mass is 16.7. The SMILES string of the molecule is CCCCCCCCC(O)=C1C(=O)OC(C)(C)OC1=O. The number of carbonyl (C=O) groups excluding carboxylic acids is 2. The van der Waals surface area contributed by atoms with Crippen LogP contribution in [0.3, 0.4) is 0 Å². The molecule has 0 bridgehead atoms. The van der Waals surface area contributed by atoms with E-state index in [9.17, 15) is 14.7 Å². The van der Waals surface area contributed by atoms with Gasteiger partial charge in [0.05, 0.1) is 0 Å². The average molecular weight is 284 g/mol. The standard InChI is InChI=1S/C15H24O5/c1-4-5-6-7-8-9-10-11(16)12-13(17)19-15(2,3)20-14(12)18/h16H,4-10H2,1-3H3. The highest BCUT2D eigenvalue weighted by Gasteiger charge is 2.40. The van der Waals surface area contributed by atoms with Crippen molar-refractivity contribution in [2.24, 2.45) is 0 Å². The number of aliphatic hydroxyl groups excluding tert-OH is 1. The maximum Gasteiger partial charge on any atom is 0.352 e. The third-order valence-electron chi connectivity index (χ3n) is 3.14. The Hall–Kier alpha value is -1.52. The fourth-order valence-corrected chi connectivity index (χ4v) is 2.09. The molecular weight excluding hydrogens is 260 g/mol. The van der Waals surface area contributed by atoms with Gasteiger partial charge in [0.25, 0.3) is 5.79 Å². The molecule has 20 heavy (non-hydrogen) atoms. The lowest BCUT2D eigenvalue weighted by molar-refractivity contribution is -0.222. The minimum atomic E-state index is -1.27. The normalized spacial score (nSPS) is 17.6. The molecule has 0 aliphatic carbocycles. The van der Waals surface area contributed by atoms with Gasteiger partial charge in [0.15, 0.2) is 5.57 Å². The summed E-state index contributed by atoms with van der Waals surface area (Å²) in [5.74, 6) is -3.12. The van der Waals surface area contributed by atoms with Gasteiger partial charge in [-0.2, -0.15) is 0 Å². The number of hydrogen-bond acceptors (Lipinski definition) is 5. The minimum Gasteiger partial charge on any atom is -0.511 e. The largest absolute Gasteiger partial charge is 0.511 e. The molecule has 0 amide bonds. The van der Waals surface area contributed by atoms with Gasteiger partial charge >= 0.3 is 11.9 Å². The molecular formula is C15H24O5. The molecule has 1 aliphatic heterocycles. The quantitative estimate of drug-likeness (QED) is 0.255. The molecule has 114 valence electrons. The molecule has 0 aromatic heterocycles. The van der Waals surface area contributed by atoms with E-state index in [1.54, 1.807) is 0 Å². The Morgan fingerprint density at radius 3 is 2.05 bits per heavy atom. The van der Waals surface area contributed by atoms with Gasteiger partial charge in [-0.05, 0) is 6.42 Å². The summed E-state index contributed by atoms with van der Waals surface area (Å²) < 4.78 is 9.87. The Morgan fingerprint density at radius 1 is 1.00 bits per heavy atom. The summed E-state index contributed by atoms with van der Waals surface area (Å²) in [7, 11) is 0. The van der Waals surface area contributed by atoms with Gasteiger partial charge in [0.2, 0.25) is 0 Å². The van der Waals surface area contributed by atoms with Crippen LogP contribution in [0.2, 0.25) is 0 Å². The molecule has 5 heteroatoms. The number of esters is 2. The molecule has 0 aromatic rings. The first-order valence-corrected chi connectivity index (χ1v) is 7.26. The average Bonchev–Trinajstić information content (AvgIpc) is 2.31. The minimum absolute atomic E-state index is 0.231. The molecule has 1 saturated heterocycles. The van der Waals surface area contributed by atoms with Crippen LogP contribution >= 0.6 is 0 Å². The van der Waals surface area contributed by atoms with Gasteiger partial charge in [-0.15, -0.1) is 0 Å². The number of hydrogen-bond donors (Lipinski definition) is 1. The number of ether oxygens (including phenoxy) is 2. The zero-order chi connectivity index (χ0) is 15.2. The highest BCUT2D eigenvalue weighted by molar-refractivity contribution is 6.15. The van der Waals surface area contributed by atoms with Gasteiger partial charge in [0, 0.05) is 20.3 Å². The van der Waals surface area contributed by atoms with Gasteiger partial charge in [0.1, 0.15) is 5.76 Å². The summed E-state index contributed by atoms with van der Waals surface area (Å²) >= 11 is 0. The Labute approximate surface area is 119 Å². The van der Waals surface area contributed by atoms with Crippen molar-refractivity contribution < 1.29 is 24.2 Å². The van der Waals surface area contributed by atoms with Gasteiger partial charge in [-0.25, -0.2) is 9.59 Å². The summed E-state index contributed by atoms with van der Waals surface area (Å²) in [5, 5.41) is 9.87. The first-order chi connectivity index (χ1) is 9.37. The fraction of sp³-hybridized carbons (Fsp3) is 0.733. The van der Waals surface area contributed by atoms with Gasteiger partial charge in [-0.3, -0.25) is 0 Å². The summed E-state index contributed by atoms with van der Waals surface area (Å²) in [6, 6.07) is 0. The second kappa shape index (κ2) is 7.31. The molecule has 0 aromatic carbocycles. The monoisotopic (exact) mass is 284 g/mol. The molecule has 1 heterocycles. The van der Waals surface area contributed by atoms with Crippen LogP contribution in [0.5, 0.6) is 0 Å². The van der Waals surface area contributed by atoms with Crippen LogP contribution in [-0.2, 0) is 19.1 Å². The first kappa shape index (κ1) is 16.5. The third-order valence-corrected chi connectivity index (χ3v) is 3.14. The van der Waals surface area contributed by atoms with E-state index in [1.165, 1.54) is 33.1 Å². The van der Waals surface area contributed by atoms with E-state index < -0.39 is 17.7 Å². The van der Waals surface area contributed by atoms with Crippen LogP contribution < -0.4 is 0 Å². The number of unbranched alkanes of at least 4 members (excludes halogenated alkanes) is 5. The van der Waals surface area contributed by atoms with Crippen molar-refractivity contribution in [3.63, 3.8) is 0 Å². The van der Waals surface area contributed by atoms with Crippen molar-refractivity contribution in [2.75, 3.05) is 0 Å². The van der Waals surface area contributed by atoms with Crippen LogP contribution in [0.25, 0.3) is 0 Å². The van der Waals surface area contributed by atoms with Crippen molar-refractivity contribution in [3.8, 4) is 0 Å². The molecule has 1 rings (SSSR count). The third kappa shape index (κ3) is 4.87. The zero-order valence-electron chi connectivity index (χ0n) is 12.5. The van der Waals surface area contributed by atoms with Crippen molar-refractivity contribution >= 4 is 11.9 Å². The van der Waals surface area contributed by atoms with Crippen LogP contribution in [0.1, 0.15) is 65.7 Å². The van der Waals surface area contributed by atoms with Crippen LogP contribution in [0.15, 0.2) is 11.3 Å². The molecule has 0 spiro atoms. The topological polar surface area (TPSA) is 72.8 Å². The van der Waals surface area contributed by atoms with E-state index >= 15 is 0 Å². The highest BCUT2D eigenvalue weighted by Crippen LogP contribution is 2.25. The number of aliphatic hydroxyl groups is 1. The number of cyclic esters (lactones) is 2. The molecule has 1 fully saturated rings. The van der Waals surface area contributed by atoms with Crippen molar-refractivity contribution in [1.82, 2.24) is 0 Å². The number of allylic oxidation sites excluding steroid dienone is 1. The lowest BCUT2D eigenvalue weighted by Crippen LogP contribution is -2.42. The summed E-state index contributed by atoms with van der Waals surface area (Å²) in [4.78, 5) is 23.4. The molecule has 0 unspecified atom stereocenters. The van der Waals surface area contributed by atoms with E-state index in [0.717, 1.165) is 19.3 Å². The second-order valence-corrected chi connectivity index (χ2v) is 5.52. The maximum atomic E-state index is 11.7. The van der Waals surface area contributed by atoms with Crippen molar-refractivity contribution in [2.45, 2.75) is 71.5 Å². The van der Waals surface area contributed by atoms with Crippen molar-refractivity contribution in [3.05, 3.63) is 11.3 Å². The Morgan fingerprint density at radius 2 is 1.50 bits per heavy atom. The number of rotatable bonds is 7. The Kier molecular flexibility index (Phi) is 6.05. The molecule has 0 saturated carbocycles. The van der Waals surface area contributed by atoms with E-state index in [-0.39, 0.29) is 11.3 Å². The summed E-state index contributed by atoms with van der Waals surface area (Å²) in [5.41, 5.74) is -0.363. The second-order valence-electron chi connectivity index (χ2n) is 5.52. The number of carbonyl (C=O) groups is 2. The van der Waals surface area contributed by atoms with E-state index in [0.29, 0.717) is 6.42 Å². The zero-order valence-corrected chi connectivity index (χ0v) is 12.5.